The van der Waals surface area contributed by atoms with Crippen LogP contribution in [0.5, 0.6) is 0 Å². The van der Waals surface area contributed by atoms with Gasteiger partial charge < -0.3 is 15.6 Å². The molecule has 3 heteroatoms. The molecule has 0 aromatic heterocycles. The first-order chi connectivity index (χ1) is 10.7. The smallest absolute Gasteiger partial charge is 0.131 e. The Balaban J connectivity index is 3.62. The average Bonchev–Trinajstić information content (AvgIpc) is 2.53. The topological polar surface area (TPSA) is 55.5 Å². The van der Waals surface area contributed by atoms with Crippen molar-refractivity contribution in [2.45, 2.75) is 110 Å². The third-order valence-electron chi connectivity index (χ3n) is 4.60. The SMILES string of the molecule is CCCCCCCCOC(N)C(O)CCC(CC)CCCC. The van der Waals surface area contributed by atoms with Crippen LogP contribution in [0, 0.1) is 5.92 Å². The molecule has 3 nitrogen and oxygen atoms in total. The minimum Gasteiger partial charge on any atom is -0.389 e. The van der Waals surface area contributed by atoms with E-state index in [0.717, 1.165) is 25.2 Å². The maximum absolute atomic E-state index is 10.1. The predicted molar refractivity (Wildman–Crippen MR) is 95.9 cm³/mol. The Labute approximate surface area is 139 Å². The molecule has 0 amide bonds. The summed E-state index contributed by atoms with van der Waals surface area (Å²) in [6.07, 6.45) is 13.3. The number of ether oxygens (including phenoxy) is 1. The lowest BCUT2D eigenvalue weighted by molar-refractivity contribution is -0.0400. The molecule has 0 radical (unpaired) electrons. The number of nitrogens with two attached hydrogens (primary N) is 1. The molecule has 0 saturated heterocycles. The number of hydrogen-bond donors (Lipinski definition) is 2. The third kappa shape index (κ3) is 12.4. The van der Waals surface area contributed by atoms with Crippen molar-refractivity contribution in [3.8, 4) is 0 Å². The van der Waals surface area contributed by atoms with Crippen LogP contribution < -0.4 is 5.73 Å². The van der Waals surface area contributed by atoms with E-state index in [1.807, 2.05) is 0 Å². The lowest BCUT2D eigenvalue weighted by Crippen LogP contribution is -2.37. The van der Waals surface area contributed by atoms with Crippen LogP contribution in [0.1, 0.15) is 97.8 Å². The van der Waals surface area contributed by atoms with Gasteiger partial charge in [-0.05, 0) is 25.2 Å². The van der Waals surface area contributed by atoms with E-state index in [2.05, 4.69) is 20.8 Å². The number of rotatable bonds is 16. The van der Waals surface area contributed by atoms with Crippen LogP contribution in [0.25, 0.3) is 0 Å². The summed E-state index contributed by atoms with van der Waals surface area (Å²) in [7, 11) is 0. The maximum atomic E-state index is 10.1. The van der Waals surface area contributed by atoms with Crippen LogP contribution in [-0.4, -0.2) is 24.0 Å². The monoisotopic (exact) mass is 315 g/mol. The van der Waals surface area contributed by atoms with E-state index in [4.69, 9.17) is 10.5 Å². The van der Waals surface area contributed by atoms with Crippen molar-refractivity contribution in [2.75, 3.05) is 6.61 Å². The molecule has 0 rings (SSSR count). The highest BCUT2D eigenvalue weighted by atomic mass is 16.5. The normalized spacial score (nSPS) is 15.7. The average molecular weight is 316 g/mol. The number of aliphatic hydroxyl groups excluding tert-OH is 1. The van der Waals surface area contributed by atoms with Gasteiger partial charge in [-0.15, -0.1) is 0 Å². The summed E-state index contributed by atoms with van der Waals surface area (Å²) in [6.45, 7) is 7.38. The van der Waals surface area contributed by atoms with Crippen molar-refractivity contribution in [1.82, 2.24) is 0 Å². The molecule has 0 heterocycles. The number of aliphatic hydroxyl groups is 1. The molecule has 134 valence electrons. The summed E-state index contributed by atoms with van der Waals surface area (Å²) in [5.41, 5.74) is 5.94. The quantitative estimate of drug-likeness (QED) is 0.311. The van der Waals surface area contributed by atoms with Gasteiger partial charge in [-0.3, -0.25) is 0 Å². The van der Waals surface area contributed by atoms with Gasteiger partial charge in [-0.2, -0.15) is 0 Å². The van der Waals surface area contributed by atoms with E-state index < -0.39 is 12.3 Å². The lowest BCUT2D eigenvalue weighted by atomic mass is 9.93. The molecule has 0 aliphatic rings. The summed E-state index contributed by atoms with van der Waals surface area (Å²) in [5, 5.41) is 10.1. The summed E-state index contributed by atoms with van der Waals surface area (Å²) in [5.74, 6) is 0.723. The Hall–Kier alpha value is -0.120. The highest BCUT2D eigenvalue weighted by Gasteiger charge is 2.17. The van der Waals surface area contributed by atoms with E-state index in [9.17, 15) is 5.11 Å². The molecule has 22 heavy (non-hydrogen) atoms. The van der Waals surface area contributed by atoms with Gasteiger partial charge in [0.1, 0.15) is 6.23 Å². The van der Waals surface area contributed by atoms with Gasteiger partial charge in [-0.25, -0.2) is 0 Å². The molecule has 0 fully saturated rings. The molecule has 0 aliphatic heterocycles. The fraction of sp³-hybridized carbons (Fsp3) is 1.00. The van der Waals surface area contributed by atoms with Crippen molar-refractivity contribution >= 4 is 0 Å². The van der Waals surface area contributed by atoms with Crippen LogP contribution >= 0.6 is 0 Å². The van der Waals surface area contributed by atoms with Crippen molar-refractivity contribution in [1.29, 1.82) is 0 Å². The van der Waals surface area contributed by atoms with E-state index in [1.54, 1.807) is 0 Å². The molecule has 0 bridgehead atoms. The molecular formula is C19H41NO2. The highest BCUT2D eigenvalue weighted by Crippen LogP contribution is 2.20. The minimum absolute atomic E-state index is 0.515. The van der Waals surface area contributed by atoms with E-state index in [1.165, 1.54) is 57.8 Å². The second kappa shape index (κ2) is 15.8. The predicted octanol–water partition coefficient (Wildman–Crippen LogP) is 5.01. The Bertz CT molecular complexity index is 223. The maximum Gasteiger partial charge on any atom is 0.131 e. The molecule has 3 unspecified atom stereocenters. The first-order valence-electron chi connectivity index (χ1n) is 9.70. The molecule has 0 aromatic rings. The van der Waals surface area contributed by atoms with E-state index >= 15 is 0 Å². The van der Waals surface area contributed by atoms with Crippen molar-refractivity contribution in [2.24, 2.45) is 11.7 Å². The Morgan fingerprint density at radius 1 is 0.818 bits per heavy atom. The van der Waals surface area contributed by atoms with Crippen molar-refractivity contribution in [3.63, 3.8) is 0 Å². The van der Waals surface area contributed by atoms with Gasteiger partial charge >= 0.3 is 0 Å². The zero-order chi connectivity index (χ0) is 16.6. The third-order valence-corrected chi connectivity index (χ3v) is 4.60. The first-order valence-corrected chi connectivity index (χ1v) is 9.70. The molecule has 3 N–H and O–H groups in total. The van der Waals surface area contributed by atoms with Crippen LogP contribution in [0.3, 0.4) is 0 Å². The van der Waals surface area contributed by atoms with Gasteiger partial charge in [0.15, 0.2) is 0 Å². The summed E-state index contributed by atoms with van der Waals surface area (Å²) in [4.78, 5) is 0. The molecule has 0 aliphatic carbocycles. The second-order valence-corrected chi connectivity index (χ2v) is 6.66. The van der Waals surface area contributed by atoms with E-state index in [-0.39, 0.29) is 0 Å². The summed E-state index contributed by atoms with van der Waals surface area (Å²) >= 11 is 0. The zero-order valence-corrected chi connectivity index (χ0v) is 15.4. The van der Waals surface area contributed by atoms with Crippen LogP contribution in [-0.2, 0) is 4.74 Å². The Morgan fingerprint density at radius 2 is 1.45 bits per heavy atom. The van der Waals surface area contributed by atoms with Crippen LogP contribution in [0.15, 0.2) is 0 Å². The summed E-state index contributed by atoms with van der Waals surface area (Å²) in [6, 6.07) is 0. The second-order valence-electron chi connectivity index (χ2n) is 6.66. The standard InChI is InChI=1S/C19H41NO2/c1-4-7-9-10-11-12-16-22-19(20)18(21)15-14-17(6-3)13-8-5-2/h17-19,21H,4-16,20H2,1-3H3. The fourth-order valence-corrected chi connectivity index (χ4v) is 2.83. The van der Waals surface area contributed by atoms with Crippen molar-refractivity contribution < 1.29 is 9.84 Å². The molecule has 3 atom stereocenters. The highest BCUT2D eigenvalue weighted by molar-refractivity contribution is 4.67. The Kier molecular flexibility index (Phi) is 15.7. The van der Waals surface area contributed by atoms with Crippen LogP contribution in [0.4, 0.5) is 0 Å². The summed E-state index contributed by atoms with van der Waals surface area (Å²) < 4.78 is 5.59. The Morgan fingerprint density at radius 3 is 2.09 bits per heavy atom. The minimum atomic E-state index is -0.518. The van der Waals surface area contributed by atoms with Gasteiger partial charge in [0, 0.05) is 6.61 Å². The van der Waals surface area contributed by atoms with Gasteiger partial charge in [0.25, 0.3) is 0 Å². The van der Waals surface area contributed by atoms with Crippen LogP contribution in [0.2, 0.25) is 0 Å². The van der Waals surface area contributed by atoms with Crippen molar-refractivity contribution in [3.05, 3.63) is 0 Å². The van der Waals surface area contributed by atoms with Gasteiger partial charge in [-0.1, -0.05) is 78.6 Å². The van der Waals surface area contributed by atoms with Gasteiger partial charge in [0.2, 0.25) is 0 Å². The lowest BCUT2D eigenvalue weighted by Gasteiger charge is -2.22. The molecular weight excluding hydrogens is 274 g/mol. The fourth-order valence-electron chi connectivity index (χ4n) is 2.83. The van der Waals surface area contributed by atoms with E-state index in [0.29, 0.717) is 6.61 Å². The molecule has 0 saturated carbocycles. The zero-order valence-electron chi connectivity index (χ0n) is 15.4. The molecule has 0 aromatic carbocycles. The largest absolute Gasteiger partial charge is 0.389 e. The number of hydrogen-bond acceptors (Lipinski definition) is 3. The van der Waals surface area contributed by atoms with Gasteiger partial charge in [0.05, 0.1) is 6.10 Å². The first kappa shape index (κ1) is 21.9. The number of unbranched alkanes of at least 4 members (excludes halogenated alkanes) is 6. The molecule has 0 spiro atoms.